The molecule has 3 aliphatic carbocycles. The Morgan fingerprint density at radius 1 is 1.25 bits per heavy atom. The predicted octanol–water partition coefficient (Wildman–Crippen LogP) is 5.86. The van der Waals surface area contributed by atoms with Gasteiger partial charge in [0.1, 0.15) is 22.1 Å². The highest BCUT2D eigenvalue weighted by molar-refractivity contribution is 7.09. The van der Waals surface area contributed by atoms with Gasteiger partial charge in [0.05, 0.1) is 29.8 Å². The van der Waals surface area contributed by atoms with Crippen molar-refractivity contribution in [3.63, 3.8) is 0 Å². The molecule has 2 aromatic heterocycles. The number of halogens is 1. The second kappa shape index (κ2) is 9.24. The normalized spacial score (nSPS) is 27.5. The van der Waals surface area contributed by atoms with Crippen molar-refractivity contribution < 1.29 is 24.3 Å². The topological polar surface area (TPSA) is 106 Å². The van der Waals surface area contributed by atoms with Crippen molar-refractivity contribution in [3.05, 3.63) is 56.2 Å². The lowest BCUT2D eigenvalue weighted by atomic mass is 9.73. The number of carboxylic acids is 1. The first kappa shape index (κ1) is 24.1. The second-order valence-corrected chi connectivity index (χ2v) is 11.8. The summed E-state index contributed by atoms with van der Waals surface area (Å²) in [4.78, 5) is 15.6. The summed E-state index contributed by atoms with van der Waals surface area (Å²) in [7, 11) is 0. The highest BCUT2D eigenvalue weighted by Gasteiger charge is 2.56. The summed E-state index contributed by atoms with van der Waals surface area (Å²) in [5, 5.41) is 28.3. The third-order valence-corrected chi connectivity index (χ3v) is 9.47. The fourth-order valence-electron chi connectivity index (χ4n) is 6.17. The van der Waals surface area contributed by atoms with E-state index in [1.807, 2.05) is 25.1 Å². The lowest BCUT2D eigenvalue weighted by molar-refractivity contribution is -0.136. The van der Waals surface area contributed by atoms with Gasteiger partial charge < -0.3 is 19.5 Å². The van der Waals surface area contributed by atoms with E-state index in [2.05, 4.69) is 10.1 Å². The van der Waals surface area contributed by atoms with Crippen LogP contribution in [0.5, 0.6) is 0 Å². The van der Waals surface area contributed by atoms with Gasteiger partial charge in [-0.25, -0.2) is 4.98 Å². The number of hydrogen-bond acceptors (Lipinski definition) is 7. The zero-order chi connectivity index (χ0) is 25.0. The summed E-state index contributed by atoms with van der Waals surface area (Å²) in [6.07, 6.45) is 5.41. The minimum atomic E-state index is -1.00. The van der Waals surface area contributed by atoms with Gasteiger partial charge in [-0.05, 0) is 68.9 Å². The summed E-state index contributed by atoms with van der Waals surface area (Å²) in [5.41, 5.74) is 3.20. The van der Waals surface area contributed by atoms with Crippen LogP contribution in [0.2, 0.25) is 5.02 Å². The molecule has 0 amide bonds. The second-order valence-electron chi connectivity index (χ2n) is 10.5. The molecule has 3 fully saturated rings. The summed E-state index contributed by atoms with van der Waals surface area (Å²) in [6.45, 7) is 2.43. The number of aryl methyl sites for hydroxylation is 1. The fourth-order valence-corrected chi connectivity index (χ4v) is 7.56. The SMILES string of the molecule is Cc1cccc(Cl)c1-c1noc(C2CC2)c1CO[C@@H]1C[C@H]2CC[C@@H](C1)[C@]2(O)c1nc(CC(=O)O)cs1. The Labute approximate surface area is 218 Å². The van der Waals surface area contributed by atoms with E-state index in [-0.39, 0.29) is 24.4 Å². The molecule has 1 aromatic carbocycles. The zero-order valence-corrected chi connectivity index (χ0v) is 21.6. The van der Waals surface area contributed by atoms with Crippen LogP contribution in [0.1, 0.15) is 72.0 Å². The van der Waals surface area contributed by atoms with Crippen LogP contribution in [-0.2, 0) is 28.2 Å². The molecule has 0 unspecified atom stereocenters. The molecule has 4 atom stereocenters. The standard InChI is InChI=1S/C27H29ClN2O5S/c1-14-3-2-4-21(28)23(14)24-20(25(35-30-24)15-5-6-15)12-34-19-9-16-7-8-17(10-19)27(16,33)26-29-18(13-36-26)11-22(31)32/h2-4,13,15-17,19,33H,5-12H2,1H3,(H,31,32)/t16-,17+,19-,27+. The molecule has 7 nitrogen and oxygen atoms in total. The van der Waals surface area contributed by atoms with Gasteiger partial charge in [0.2, 0.25) is 0 Å². The Morgan fingerprint density at radius 2 is 2.00 bits per heavy atom. The molecule has 3 aliphatic rings. The molecule has 2 bridgehead atoms. The monoisotopic (exact) mass is 528 g/mol. The van der Waals surface area contributed by atoms with Gasteiger partial charge >= 0.3 is 5.97 Å². The van der Waals surface area contributed by atoms with Crippen molar-refractivity contribution in [2.24, 2.45) is 11.8 Å². The van der Waals surface area contributed by atoms with E-state index in [1.54, 1.807) is 5.38 Å². The van der Waals surface area contributed by atoms with Gasteiger partial charge in [-0.15, -0.1) is 11.3 Å². The third kappa shape index (κ3) is 4.18. The van der Waals surface area contributed by atoms with Gasteiger partial charge in [0.25, 0.3) is 0 Å². The Hall–Kier alpha value is -2.26. The molecule has 0 saturated heterocycles. The van der Waals surface area contributed by atoms with Gasteiger partial charge in [0.15, 0.2) is 0 Å². The maximum atomic E-state index is 11.7. The largest absolute Gasteiger partial charge is 0.481 e. The van der Waals surface area contributed by atoms with E-state index in [0.717, 1.165) is 66.7 Å². The summed E-state index contributed by atoms with van der Waals surface area (Å²) < 4.78 is 12.3. The predicted molar refractivity (Wildman–Crippen MR) is 135 cm³/mol. The number of carboxylic acid groups (broad SMARTS) is 1. The summed E-state index contributed by atoms with van der Waals surface area (Å²) in [6, 6.07) is 5.84. The number of benzene rings is 1. The fraction of sp³-hybridized carbons (Fsp3) is 0.519. The molecule has 0 spiro atoms. The number of ether oxygens (including phenoxy) is 1. The molecule has 3 aromatic rings. The number of nitrogens with zero attached hydrogens (tertiary/aromatic N) is 2. The maximum absolute atomic E-state index is 11.7. The highest BCUT2D eigenvalue weighted by atomic mass is 35.5. The lowest BCUT2D eigenvalue weighted by Gasteiger charge is -2.41. The van der Waals surface area contributed by atoms with Crippen molar-refractivity contribution in [3.8, 4) is 11.3 Å². The van der Waals surface area contributed by atoms with E-state index in [1.165, 1.54) is 11.3 Å². The van der Waals surface area contributed by atoms with Gasteiger partial charge in [-0.1, -0.05) is 28.9 Å². The third-order valence-electron chi connectivity index (χ3n) is 8.12. The van der Waals surface area contributed by atoms with Crippen molar-refractivity contribution in [1.82, 2.24) is 10.1 Å². The molecule has 190 valence electrons. The molecular formula is C27H29ClN2O5S. The molecule has 2 N–H and O–H groups in total. The van der Waals surface area contributed by atoms with Crippen molar-refractivity contribution in [1.29, 1.82) is 0 Å². The number of aliphatic hydroxyl groups is 1. The van der Waals surface area contributed by atoms with E-state index in [0.29, 0.717) is 28.2 Å². The molecule has 6 rings (SSSR count). The van der Waals surface area contributed by atoms with Crippen LogP contribution in [0.15, 0.2) is 28.1 Å². The van der Waals surface area contributed by atoms with E-state index >= 15 is 0 Å². The number of hydrogen-bond donors (Lipinski definition) is 2. The number of carbonyl (C=O) groups is 1. The molecule has 2 heterocycles. The highest BCUT2D eigenvalue weighted by Crippen LogP contribution is 2.56. The van der Waals surface area contributed by atoms with Crippen LogP contribution in [-0.4, -0.2) is 32.4 Å². The van der Waals surface area contributed by atoms with Crippen LogP contribution in [0.25, 0.3) is 11.3 Å². The van der Waals surface area contributed by atoms with Crippen molar-refractivity contribution in [2.45, 2.75) is 76.1 Å². The van der Waals surface area contributed by atoms with Crippen molar-refractivity contribution >= 4 is 28.9 Å². The van der Waals surface area contributed by atoms with Crippen LogP contribution >= 0.6 is 22.9 Å². The lowest BCUT2D eigenvalue weighted by Crippen LogP contribution is -2.44. The Morgan fingerprint density at radius 3 is 2.67 bits per heavy atom. The van der Waals surface area contributed by atoms with Crippen LogP contribution in [0.4, 0.5) is 0 Å². The Bertz CT molecular complexity index is 1260. The number of fused-ring (bicyclic) bond motifs is 2. The van der Waals surface area contributed by atoms with Gasteiger partial charge in [0, 0.05) is 22.4 Å². The first-order valence-electron chi connectivity index (χ1n) is 12.6. The first-order chi connectivity index (χ1) is 17.3. The molecule has 36 heavy (non-hydrogen) atoms. The first-order valence-corrected chi connectivity index (χ1v) is 13.8. The van der Waals surface area contributed by atoms with Crippen LogP contribution in [0.3, 0.4) is 0 Å². The number of rotatable bonds is 8. The average Bonchev–Trinajstić information content (AvgIpc) is 3.40. The Balaban J connectivity index is 1.20. The minimum absolute atomic E-state index is 0.0170. The average molecular weight is 529 g/mol. The van der Waals surface area contributed by atoms with E-state index in [9.17, 15) is 9.90 Å². The molecule has 0 radical (unpaired) electrons. The molecule has 0 aliphatic heterocycles. The minimum Gasteiger partial charge on any atom is -0.481 e. The Kier molecular flexibility index (Phi) is 6.19. The zero-order valence-electron chi connectivity index (χ0n) is 20.1. The molecule has 9 heteroatoms. The van der Waals surface area contributed by atoms with Crippen LogP contribution in [0, 0.1) is 18.8 Å². The smallest absolute Gasteiger partial charge is 0.309 e. The van der Waals surface area contributed by atoms with Gasteiger partial charge in [-0.2, -0.15) is 0 Å². The number of aromatic nitrogens is 2. The van der Waals surface area contributed by atoms with Crippen molar-refractivity contribution in [2.75, 3.05) is 0 Å². The van der Waals surface area contributed by atoms with E-state index < -0.39 is 11.6 Å². The van der Waals surface area contributed by atoms with Gasteiger partial charge in [-0.3, -0.25) is 4.79 Å². The molecule has 3 saturated carbocycles. The summed E-state index contributed by atoms with van der Waals surface area (Å²) in [5.74, 6) is 0.476. The van der Waals surface area contributed by atoms with Crippen LogP contribution < -0.4 is 0 Å². The summed E-state index contributed by atoms with van der Waals surface area (Å²) >= 11 is 7.94. The quantitative estimate of drug-likeness (QED) is 0.377. The van der Waals surface area contributed by atoms with E-state index in [4.69, 9.17) is 26.0 Å². The number of thiazole rings is 1. The number of aliphatic carboxylic acids is 1. The maximum Gasteiger partial charge on any atom is 0.309 e. The molecular weight excluding hydrogens is 500 g/mol.